The van der Waals surface area contributed by atoms with E-state index >= 15 is 0 Å². The smallest absolute Gasteiger partial charge is 0.238 e. The van der Waals surface area contributed by atoms with Crippen LogP contribution in [0.25, 0.3) is 0 Å². The highest BCUT2D eigenvalue weighted by atomic mass is 32.1. The Morgan fingerprint density at radius 3 is 2.90 bits per heavy atom. The van der Waals surface area contributed by atoms with Gasteiger partial charge in [0.25, 0.3) is 0 Å². The molecule has 21 heavy (non-hydrogen) atoms. The molecule has 0 radical (unpaired) electrons. The largest absolute Gasteiger partial charge is 0.395 e. The molecule has 0 aromatic heterocycles. The van der Waals surface area contributed by atoms with Gasteiger partial charge in [0, 0.05) is 11.6 Å². The van der Waals surface area contributed by atoms with Crippen molar-refractivity contribution in [2.24, 2.45) is 11.7 Å². The number of benzene rings is 1. The molecule has 1 fully saturated rings. The molecule has 5 nitrogen and oxygen atoms in total. The SMILES string of the molecule is CC1CCN(CC(=O)Nc2ccccc2C(N)=S)C1CO. The van der Waals surface area contributed by atoms with Gasteiger partial charge < -0.3 is 16.2 Å². The number of thiocarbonyl (C=S) groups is 1. The van der Waals surface area contributed by atoms with Crippen molar-refractivity contribution in [3.8, 4) is 0 Å². The fourth-order valence-electron chi connectivity index (χ4n) is 2.76. The molecule has 2 rings (SSSR count). The van der Waals surface area contributed by atoms with Crippen molar-refractivity contribution >= 4 is 28.8 Å². The van der Waals surface area contributed by atoms with E-state index in [-0.39, 0.29) is 30.1 Å². The van der Waals surface area contributed by atoms with Crippen molar-refractivity contribution in [1.29, 1.82) is 0 Å². The minimum Gasteiger partial charge on any atom is -0.395 e. The number of carbonyl (C=O) groups is 1. The van der Waals surface area contributed by atoms with Gasteiger partial charge in [0.2, 0.25) is 5.91 Å². The zero-order valence-corrected chi connectivity index (χ0v) is 12.9. The third kappa shape index (κ3) is 3.78. The normalized spacial score (nSPS) is 22.2. The van der Waals surface area contributed by atoms with Crippen molar-refractivity contribution in [3.63, 3.8) is 0 Å². The highest BCUT2D eigenvalue weighted by molar-refractivity contribution is 7.80. The third-order valence-electron chi connectivity index (χ3n) is 4.00. The average molecular weight is 307 g/mol. The number of para-hydroxylation sites is 1. The van der Waals surface area contributed by atoms with Crippen molar-refractivity contribution in [2.75, 3.05) is 25.0 Å². The zero-order chi connectivity index (χ0) is 15.4. The number of hydrogen-bond acceptors (Lipinski definition) is 4. The van der Waals surface area contributed by atoms with Crippen LogP contribution >= 0.6 is 12.2 Å². The first-order valence-electron chi connectivity index (χ1n) is 7.06. The molecule has 0 bridgehead atoms. The molecule has 1 aromatic rings. The second-order valence-electron chi connectivity index (χ2n) is 5.44. The fourth-order valence-corrected chi connectivity index (χ4v) is 2.94. The molecule has 1 aromatic carbocycles. The number of anilines is 1. The van der Waals surface area contributed by atoms with Crippen LogP contribution in [0.3, 0.4) is 0 Å². The van der Waals surface area contributed by atoms with Gasteiger partial charge in [-0.2, -0.15) is 0 Å². The summed E-state index contributed by atoms with van der Waals surface area (Å²) in [5, 5.41) is 12.3. The summed E-state index contributed by atoms with van der Waals surface area (Å²) >= 11 is 4.98. The number of rotatable bonds is 5. The van der Waals surface area contributed by atoms with Gasteiger partial charge in [0.1, 0.15) is 4.99 Å². The number of hydrogen-bond donors (Lipinski definition) is 3. The van der Waals surface area contributed by atoms with E-state index in [1.54, 1.807) is 12.1 Å². The van der Waals surface area contributed by atoms with Crippen LogP contribution in [0, 0.1) is 5.92 Å². The lowest BCUT2D eigenvalue weighted by Gasteiger charge is -2.24. The Bertz CT molecular complexity index is 535. The molecular weight excluding hydrogens is 286 g/mol. The maximum Gasteiger partial charge on any atom is 0.238 e. The molecule has 114 valence electrons. The van der Waals surface area contributed by atoms with Crippen molar-refractivity contribution in [1.82, 2.24) is 4.90 Å². The Kier molecular flexibility index (Phi) is 5.27. The highest BCUT2D eigenvalue weighted by Crippen LogP contribution is 2.23. The van der Waals surface area contributed by atoms with Crippen LogP contribution in [-0.4, -0.2) is 46.6 Å². The molecule has 2 atom stereocenters. The summed E-state index contributed by atoms with van der Waals surface area (Å²) in [6, 6.07) is 7.27. The number of nitrogens with one attached hydrogen (secondary N) is 1. The summed E-state index contributed by atoms with van der Waals surface area (Å²) in [5.74, 6) is 0.290. The number of aliphatic hydroxyl groups excluding tert-OH is 1. The van der Waals surface area contributed by atoms with Crippen LogP contribution in [0.5, 0.6) is 0 Å². The fraction of sp³-hybridized carbons (Fsp3) is 0.467. The number of likely N-dealkylation sites (tertiary alicyclic amines) is 1. The second-order valence-corrected chi connectivity index (χ2v) is 5.88. The van der Waals surface area contributed by atoms with E-state index in [2.05, 4.69) is 12.2 Å². The zero-order valence-electron chi connectivity index (χ0n) is 12.1. The minimum atomic E-state index is -0.119. The molecule has 1 aliphatic heterocycles. The lowest BCUT2D eigenvalue weighted by molar-refractivity contribution is -0.117. The summed E-state index contributed by atoms with van der Waals surface area (Å²) in [6.45, 7) is 3.27. The molecular formula is C15H21N3O2S. The van der Waals surface area contributed by atoms with Crippen LogP contribution in [0.4, 0.5) is 5.69 Å². The number of aliphatic hydroxyl groups is 1. The van der Waals surface area contributed by atoms with E-state index in [0.717, 1.165) is 13.0 Å². The maximum absolute atomic E-state index is 12.2. The predicted octanol–water partition coefficient (Wildman–Crippen LogP) is 0.962. The first-order valence-corrected chi connectivity index (χ1v) is 7.47. The van der Waals surface area contributed by atoms with E-state index < -0.39 is 0 Å². The summed E-state index contributed by atoms with van der Waals surface area (Å²) in [6.07, 6.45) is 1.00. The lowest BCUT2D eigenvalue weighted by Crippen LogP contribution is -2.40. The number of amides is 1. The van der Waals surface area contributed by atoms with Crippen molar-refractivity contribution in [2.45, 2.75) is 19.4 Å². The van der Waals surface area contributed by atoms with Crippen LogP contribution in [-0.2, 0) is 4.79 Å². The Labute approximate surface area is 130 Å². The van der Waals surface area contributed by atoms with E-state index in [0.29, 0.717) is 17.2 Å². The summed E-state index contributed by atoms with van der Waals surface area (Å²) in [7, 11) is 0. The van der Waals surface area contributed by atoms with Gasteiger partial charge in [-0.15, -0.1) is 0 Å². The molecule has 0 spiro atoms. The lowest BCUT2D eigenvalue weighted by atomic mass is 10.0. The molecule has 1 aliphatic rings. The summed E-state index contributed by atoms with van der Waals surface area (Å²) in [5.41, 5.74) is 6.94. The Morgan fingerprint density at radius 1 is 1.52 bits per heavy atom. The average Bonchev–Trinajstić information content (AvgIpc) is 2.79. The topological polar surface area (TPSA) is 78.6 Å². The van der Waals surface area contributed by atoms with Crippen molar-refractivity contribution < 1.29 is 9.90 Å². The molecule has 0 saturated carbocycles. The highest BCUT2D eigenvalue weighted by Gasteiger charge is 2.31. The van der Waals surface area contributed by atoms with Gasteiger partial charge in [-0.05, 0) is 31.0 Å². The monoisotopic (exact) mass is 307 g/mol. The molecule has 6 heteroatoms. The molecule has 2 unspecified atom stereocenters. The third-order valence-corrected chi connectivity index (χ3v) is 4.22. The molecule has 0 aliphatic carbocycles. The van der Waals surface area contributed by atoms with Gasteiger partial charge in [0.15, 0.2) is 0 Å². The second kappa shape index (κ2) is 6.98. The first kappa shape index (κ1) is 15.9. The van der Waals surface area contributed by atoms with Crippen LogP contribution < -0.4 is 11.1 Å². The standard InChI is InChI=1S/C15H21N3O2S/c1-10-6-7-18(13(10)9-19)8-14(20)17-12-5-3-2-4-11(12)15(16)21/h2-5,10,13,19H,6-9H2,1H3,(H2,16,21)(H,17,20). The Balaban J connectivity index is 2.01. The van der Waals surface area contributed by atoms with Crippen LogP contribution in [0.2, 0.25) is 0 Å². The first-order chi connectivity index (χ1) is 10.0. The molecule has 1 saturated heterocycles. The molecule has 1 amide bonds. The summed E-state index contributed by atoms with van der Waals surface area (Å²) in [4.78, 5) is 14.5. The predicted molar refractivity (Wildman–Crippen MR) is 87.2 cm³/mol. The molecule has 4 N–H and O–H groups in total. The van der Waals surface area contributed by atoms with E-state index in [1.165, 1.54) is 0 Å². The van der Waals surface area contributed by atoms with Gasteiger partial charge in [-0.1, -0.05) is 31.3 Å². The maximum atomic E-state index is 12.2. The number of nitrogens with zero attached hydrogens (tertiary/aromatic N) is 1. The minimum absolute atomic E-state index is 0.0570. The summed E-state index contributed by atoms with van der Waals surface area (Å²) < 4.78 is 0. The van der Waals surface area contributed by atoms with Crippen LogP contribution in [0.1, 0.15) is 18.9 Å². The van der Waals surface area contributed by atoms with Crippen molar-refractivity contribution in [3.05, 3.63) is 29.8 Å². The van der Waals surface area contributed by atoms with Gasteiger partial charge in [0.05, 0.1) is 18.8 Å². The number of nitrogens with two attached hydrogens (primary N) is 1. The molecule has 1 heterocycles. The van der Waals surface area contributed by atoms with Gasteiger partial charge in [-0.3, -0.25) is 9.69 Å². The van der Waals surface area contributed by atoms with E-state index in [4.69, 9.17) is 18.0 Å². The van der Waals surface area contributed by atoms with Crippen LogP contribution in [0.15, 0.2) is 24.3 Å². The van der Waals surface area contributed by atoms with E-state index in [9.17, 15) is 9.90 Å². The van der Waals surface area contributed by atoms with Gasteiger partial charge >= 0.3 is 0 Å². The van der Waals surface area contributed by atoms with E-state index in [1.807, 2.05) is 17.0 Å². The quantitative estimate of drug-likeness (QED) is 0.706. The Morgan fingerprint density at radius 2 is 2.24 bits per heavy atom. The Hall–Kier alpha value is -1.50. The number of carbonyl (C=O) groups excluding carboxylic acids is 1. The van der Waals surface area contributed by atoms with Gasteiger partial charge in [-0.25, -0.2) is 0 Å².